The van der Waals surface area contributed by atoms with Crippen LogP contribution < -0.4 is 0 Å². The van der Waals surface area contributed by atoms with Crippen LogP contribution in [0.15, 0.2) is 0 Å². The number of hydrogen-bond acceptors (Lipinski definition) is 4. The van der Waals surface area contributed by atoms with Crippen LogP contribution in [0.1, 0.15) is 25.7 Å². The molecule has 2 atom stereocenters. The Kier molecular flexibility index (Phi) is 4.59. The third-order valence-corrected chi connectivity index (χ3v) is 2.76. The first-order valence-corrected chi connectivity index (χ1v) is 5.33. The minimum atomic E-state index is -0.107. The Morgan fingerprint density at radius 1 is 1.54 bits per heavy atom. The van der Waals surface area contributed by atoms with Gasteiger partial charge in [-0.25, -0.2) is 0 Å². The number of hydrogen-bond donors (Lipinski definition) is 2. The van der Waals surface area contributed by atoms with Gasteiger partial charge in [0.15, 0.2) is 0 Å². The fourth-order valence-corrected chi connectivity index (χ4v) is 1.83. The maximum absolute atomic E-state index is 11.1. The number of aliphatic hydroxyl groups excluding tert-OH is 1. The van der Waals surface area contributed by atoms with Crippen molar-refractivity contribution in [3.8, 4) is 0 Å². The van der Waals surface area contributed by atoms with E-state index in [1.165, 1.54) is 0 Å². The van der Waals surface area contributed by atoms with E-state index in [2.05, 4.69) is 12.6 Å². The molecule has 1 heterocycles. The lowest BCUT2D eigenvalue weighted by Crippen LogP contribution is -2.08. The summed E-state index contributed by atoms with van der Waals surface area (Å²) in [6, 6.07) is 0. The predicted octanol–water partition coefficient (Wildman–Crippen LogP) is 1.01. The van der Waals surface area contributed by atoms with Crippen LogP contribution in [0.2, 0.25) is 0 Å². The molecule has 0 aromatic carbocycles. The third-order valence-electron chi connectivity index (χ3n) is 2.32. The second-order valence-electron chi connectivity index (χ2n) is 3.39. The van der Waals surface area contributed by atoms with Crippen LogP contribution >= 0.6 is 12.6 Å². The molecule has 1 fully saturated rings. The van der Waals surface area contributed by atoms with Crippen LogP contribution in [0.4, 0.5) is 0 Å². The fraction of sp³-hybridized carbons (Fsp3) is 0.889. The van der Waals surface area contributed by atoms with Crippen molar-refractivity contribution in [1.82, 2.24) is 0 Å². The monoisotopic (exact) mass is 204 g/mol. The smallest absolute Gasteiger partial charge is 0.310 e. The quantitative estimate of drug-likeness (QED) is 0.399. The molecule has 0 bridgehead atoms. The van der Waals surface area contributed by atoms with E-state index in [4.69, 9.17) is 9.84 Å². The molecule has 0 aromatic rings. The Morgan fingerprint density at radius 3 is 2.85 bits per heavy atom. The van der Waals surface area contributed by atoms with Gasteiger partial charge in [-0.3, -0.25) is 4.79 Å². The highest BCUT2D eigenvalue weighted by molar-refractivity contribution is 7.80. The molecule has 0 spiro atoms. The molecule has 0 radical (unpaired) electrons. The van der Waals surface area contributed by atoms with Gasteiger partial charge in [-0.1, -0.05) is 0 Å². The van der Waals surface area contributed by atoms with Gasteiger partial charge in [0, 0.05) is 12.4 Å². The molecule has 0 aliphatic carbocycles. The number of unbranched alkanes of at least 4 members (excludes halogenated alkanes) is 1. The van der Waals surface area contributed by atoms with Crippen LogP contribution in [0.3, 0.4) is 0 Å². The standard InChI is InChI=1S/C9H16O3S/c10-4-2-1-3-8-5-7(6-13)9(11)12-8/h7-8,10,13H,1-6H2. The molecule has 13 heavy (non-hydrogen) atoms. The summed E-state index contributed by atoms with van der Waals surface area (Å²) >= 11 is 4.08. The molecular weight excluding hydrogens is 188 g/mol. The van der Waals surface area contributed by atoms with Crippen molar-refractivity contribution < 1.29 is 14.6 Å². The molecule has 1 aliphatic heterocycles. The first kappa shape index (κ1) is 10.9. The summed E-state index contributed by atoms with van der Waals surface area (Å²) in [6.45, 7) is 0.219. The molecular formula is C9H16O3S. The van der Waals surface area contributed by atoms with E-state index in [1.807, 2.05) is 0 Å². The number of thiol groups is 1. The molecule has 0 amide bonds. The topological polar surface area (TPSA) is 46.5 Å². The van der Waals surface area contributed by atoms with Crippen molar-refractivity contribution in [2.75, 3.05) is 12.4 Å². The largest absolute Gasteiger partial charge is 0.462 e. The zero-order valence-corrected chi connectivity index (χ0v) is 8.50. The lowest BCUT2D eigenvalue weighted by molar-refractivity contribution is -0.144. The summed E-state index contributed by atoms with van der Waals surface area (Å²) < 4.78 is 5.14. The highest BCUT2D eigenvalue weighted by Crippen LogP contribution is 2.25. The molecule has 3 nitrogen and oxygen atoms in total. The SMILES string of the molecule is O=C1OC(CCCCO)CC1CS. The normalized spacial score (nSPS) is 27.7. The van der Waals surface area contributed by atoms with Gasteiger partial charge in [-0.15, -0.1) is 0 Å². The van der Waals surface area contributed by atoms with Crippen molar-refractivity contribution >= 4 is 18.6 Å². The highest BCUT2D eigenvalue weighted by atomic mass is 32.1. The molecule has 1 saturated heterocycles. The number of carbonyl (C=O) groups is 1. The minimum Gasteiger partial charge on any atom is -0.462 e. The zero-order chi connectivity index (χ0) is 9.68. The summed E-state index contributed by atoms with van der Waals surface area (Å²) in [5.74, 6) is 0.460. The Labute approximate surface area is 83.9 Å². The number of ether oxygens (including phenoxy) is 1. The number of cyclic esters (lactones) is 1. The van der Waals surface area contributed by atoms with E-state index in [0.29, 0.717) is 5.75 Å². The van der Waals surface area contributed by atoms with Crippen molar-refractivity contribution in [2.45, 2.75) is 31.8 Å². The van der Waals surface area contributed by atoms with E-state index < -0.39 is 0 Å². The number of esters is 1. The zero-order valence-electron chi connectivity index (χ0n) is 7.61. The van der Waals surface area contributed by atoms with Crippen LogP contribution in [-0.4, -0.2) is 29.5 Å². The highest BCUT2D eigenvalue weighted by Gasteiger charge is 2.32. The molecule has 4 heteroatoms. The van der Waals surface area contributed by atoms with Crippen molar-refractivity contribution in [3.05, 3.63) is 0 Å². The van der Waals surface area contributed by atoms with Gasteiger partial charge >= 0.3 is 5.97 Å². The molecule has 0 saturated carbocycles. The number of rotatable bonds is 5. The van der Waals surface area contributed by atoms with E-state index in [-0.39, 0.29) is 24.6 Å². The van der Waals surface area contributed by atoms with Crippen LogP contribution in [0.25, 0.3) is 0 Å². The summed E-state index contributed by atoms with van der Waals surface area (Å²) in [6.07, 6.45) is 3.45. The maximum Gasteiger partial charge on any atom is 0.310 e. The average Bonchev–Trinajstić information content (AvgIpc) is 2.47. The van der Waals surface area contributed by atoms with Gasteiger partial charge in [0.25, 0.3) is 0 Å². The average molecular weight is 204 g/mol. The van der Waals surface area contributed by atoms with Crippen molar-refractivity contribution in [2.24, 2.45) is 5.92 Å². The second-order valence-corrected chi connectivity index (χ2v) is 3.76. The van der Waals surface area contributed by atoms with Crippen LogP contribution in [0.5, 0.6) is 0 Å². The van der Waals surface area contributed by atoms with Crippen molar-refractivity contribution in [3.63, 3.8) is 0 Å². The van der Waals surface area contributed by atoms with Gasteiger partial charge in [0.05, 0.1) is 5.92 Å². The Morgan fingerprint density at radius 2 is 2.31 bits per heavy atom. The van der Waals surface area contributed by atoms with Crippen molar-refractivity contribution in [1.29, 1.82) is 0 Å². The van der Waals surface area contributed by atoms with E-state index in [0.717, 1.165) is 25.7 Å². The van der Waals surface area contributed by atoms with E-state index >= 15 is 0 Å². The van der Waals surface area contributed by atoms with Gasteiger partial charge < -0.3 is 9.84 Å². The molecule has 1 N–H and O–H groups in total. The molecule has 1 aliphatic rings. The molecule has 1 rings (SSSR count). The summed E-state index contributed by atoms with van der Waals surface area (Å²) in [4.78, 5) is 11.1. The first-order valence-electron chi connectivity index (χ1n) is 4.70. The third kappa shape index (κ3) is 3.19. The summed E-state index contributed by atoms with van der Waals surface area (Å²) in [7, 11) is 0. The number of carbonyl (C=O) groups excluding carboxylic acids is 1. The van der Waals surface area contributed by atoms with Gasteiger partial charge in [0.2, 0.25) is 0 Å². The van der Waals surface area contributed by atoms with Gasteiger partial charge in [-0.2, -0.15) is 12.6 Å². The Bertz CT molecular complexity index is 172. The lowest BCUT2D eigenvalue weighted by Gasteiger charge is -2.06. The maximum atomic E-state index is 11.1. The minimum absolute atomic E-state index is 0.0116. The van der Waals surface area contributed by atoms with Gasteiger partial charge in [-0.05, 0) is 25.7 Å². The van der Waals surface area contributed by atoms with Gasteiger partial charge in [0.1, 0.15) is 6.10 Å². The summed E-state index contributed by atoms with van der Waals surface area (Å²) in [5.41, 5.74) is 0. The fourth-order valence-electron chi connectivity index (χ4n) is 1.53. The lowest BCUT2D eigenvalue weighted by atomic mass is 10.0. The summed E-state index contributed by atoms with van der Waals surface area (Å²) in [5, 5.41) is 8.57. The second kappa shape index (κ2) is 5.50. The van der Waals surface area contributed by atoms with Crippen LogP contribution in [0, 0.1) is 5.92 Å². The number of aliphatic hydroxyl groups is 1. The predicted molar refractivity (Wildman–Crippen MR) is 52.8 cm³/mol. The van der Waals surface area contributed by atoms with E-state index in [1.54, 1.807) is 0 Å². The Hall–Kier alpha value is -0.220. The van der Waals surface area contributed by atoms with Crippen LogP contribution in [-0.2, 0) is 9.53 Å². The molecule has 0 aromatic heterocycles. The molecule has 2 unspecified atom stereocenters. The van der Waals surface area contributed by atoms with E-state index in [9.17, 15) is 4.79 Å². The first-order chi connectivity index (χ1) is 6.27. The molecule has 76 valence electrons. The Balaban J connectivity index is 2.20.